The van der Waals surface area contributed by atoms with Gasteiger partial charge in [0.15, 0.2) is 12.0 Å². The van der Waals surface area contributed by atoms with Crippen LogP contribution in [0.2, 0.25) is 0 Å². The Kier molecular flexibility index (Phi) is 4.70. The molecule has 0 saturated carbocycles. The van der Waals surface area contributed by atoms with Crippen molar-refractivity contribution in [3.63, 3.8) is 0 Å². The number of carbonyl (C=O) groups is 1. The van der Waals surface area contributed by atoms with Gasteiger partial charge in [0.25, 0.3) is 0 Å². The first kappa shape index (κ1) is 17.1. The van der Waals surface area contributed by atoms with Crippen LogP contribution in [0.4, 0.5) is 11.8 Å². The highest BCUT2D eigenvalue weighted by molar-refractivity contribution is 7.85. The topological polar surface area (TPSA) is 128 Å². The van der Waals surface area contributed by atoms with E-state index >= 15 is 0 Å². The van der Waals surface area contributed by atoms with Crippen LogP contribution in [-0.4, -0.2) is 55.7 Å². The summed E-state index contributed by atoms with van der Waals surface area (Å²) >= 11 is 0. The summed E-state index contributed by atoms with van der Waals surface area (Å²) in [5.41, 5.74) is 5.62. The van der Waals surface area contributed by atoms with Crippen molar-refractivity contribution in [2.45, 2.75) is 56.1 Å². The summed E-state index contributed by atoms with van der Waals surface area (Å²) in [7, 11) is -1.31. The fourth-order valence-electron chi connectivity index (χ4n) is 3.03. The number of rotatable bonds is 4. The minimum atomic E-state index is -1.31. The predicted molar refractivity (Wildman–Crippen MR) is 85.3 cm³/mol. The second-order valence-electron chi connectivity index (χ2n) is 5.78. The van der Waals surface area contributed by atoms with Crippen molar-refractivity contribution in [1.29, 1.82) is 0 Å². The summed E-state index contributed by atoms with van der Waals surface area (Å²) in [6.45, 7) is 3.22. The Morgan fingerprint density at radius 2 is 2.42 bits per heavy atom. The molecule has 0 aromatic carbocycles. The Balaban J connectivity index is 1.80. The third-order valence-corrected chi connectivity index (χ3v) is 5.38. The first-order chi connectivity index (χ1) is 11.4. The molecule has 0 spiro atoms. The van der Waals surface area contributed by atoms with Crippen LogP contribution in [0.15, 0.2) is 11.1 Å². The first-order valence-corrected chi connectivity index (χ1v) is 9.00. The molecule has 0 aliphatic carbocycles. The van der Waals surface area contributed by atoms with Crippen LogP contribution in [0.1, 0.15) is 26.7 Å². The monoisotopic (exact) mass is 356 g/mol. The maximum Gasteiger partial charge on any atom is 0.302 e. The molecule has 0 amide bonds. The third kappa shape index (κ3) is 3.08. The van der Waals surface area contributed by atoms with E-state index in [0.29, 0.717) is 23.6 Å². The van der Waals surface area contributed by atoms with Crippen LogP contribution in [0.5, 0.6) is 0 Å². The van der Waals surface area contributed by atoms with Crippen LogP contribution >= 0.6 is 0 Å². The normalized spacial score (nSPS) is 30.2. The molecule has 0 radical (unpaired) electrons. The molecule has 5 atom stereocenters. The standard InChI is InChI=1S/C14H20N4O5S/c1-3-9(22-7(2)19)10-4-8(20)13(23-10)18-6-24(21)11-5-16-14(15)17-12(11)18/h5,8-10,13,20H,3-4,6H2,1-2H3,(H2,15,16,17)/t8-,9+,10+,13-,24?/m1/s1. The Hall–Kier alpha value is -1.78. The maximum absolute atomic E-state index is 12.2. The molecular formula is C14H20N4O5S. The van der Waals surface area contributed by atoms with Gasteiger partial charge in [0, 0.05) is 13.3 Å². The smallest absolute Gasteiger partial charge is 0.302 e. The highest BCUT2D eigenvalue weighted by Gasteiger charge is 2.45. The summed E-state index contributed by atoms with van der Waals surface area (Å²) in [5.74, 6) is 0.224. The molecule has 1 aromatic rings. The molecule has 24 heavy (non-hydrogen) atoms. The molecule has 1 fully saturated rings. The van der Waals surface area contributed by atoms with Crippen molar-refractivity contribution >= 4 is 28.5 Å². The maximum atomic E-state index is 12.2. The summed E-state index contributed by atoms with van der Waals surface area (Å²) in [5, 5.41) is 10.4. The van der Waals surface area contributed by atoms with Crippen LogP contribution in [0.3, 0.4) is 0 Å². The van der Waals surface area contributed by atoms with Gasteiger partial charge >= 0.3 is 5.97 Å². The molecule has 2 aliphatic heterocycles. The van der Waals surface area contributed by atoms with E-state index < -0.39 is 41.3 Å². The molecule has 10 heteroatoms. The van der Waals surface area contributed by atoms with E-state index in [1.54, 1.807) is 4.90 Å². The zero-order chi connectivity index (χ0) is 17.4. The second kappa shape index (κ2) is 6.61. The van der Waals surface area contributed by atoms with Gasteiger partial charge in [-0.3, -0.25) is 9.00 Å². The number of aliphatic hydroxyl groups excluding tert-OH is 1. The number of esters is 1. The predicted octanol–water partition coefficient (Wildman–Crippen LogP) is -0.239. The highest BCUT2D eigenvalue weighted by atomic mass is 32.2. The number of nitrogens with two attached hydrogens (primary N) is 1. The van der Waals surface area contributed by atoms with Crippen molar-refractivity contribution in [3.8, 4) is 0 Å². The second-order valence-corrected chi connectivity index (χ2v) is 7.17. The lowest BCUT2D eigenvalue weighted by Gasteiger charge is -2.28. The Morgan fingerprint density at radius 1 is 1.67 bits per heavy atom. The van der Waals surface area contributed by atoms with E-state index in [4.69, 9.17) is 15.2 Å². The van der Waals surface area contributed by atoms with Gasteiger partial charge in [-0.25, -0.2) is 4.98 Å². The number of hydrogen-bond acceptors (Lipinski definition) is 9. The van der Waals surface area contributed by atoms with Crippen LogP contribution in [0.25, 0.3) is 0 Å². The number of hydrogen-bond donors (Lipinski definition) is 2. The van der Waals surface area contributed by atoms with Gasteiger partial charge in [0.2, 0.25) is 5.95 Å². The minimum absolute atomic E-state index is 0.0630. The zero-order valence-corrected chi connectivity index (χ0v) is 14.2. The fraction of sp³-hybridized carbons (Fsp3) is 0.643. The van der Waals surface area contributed by atoms with E-state index in [9.17, 15) is 14.1 Å². The number of carbonyl (C=O) groups excluding carboxylic acids is 1. The van der Waals surface area contributed by atoms with Gasteiger partial charge < -0.3 is 25.2 Å². The van der Waals surface area contributed by atoms with Gasteiger partial charge in [-0.1, -0.05) is 6.92 Å². The summed E-state index contributed by atoms with van der Waals surface area (Å²) in [4.78, 5) is 21.3. The van der Waals surface area contributed by atoms with Gasteiger partial charge in [-0.05, 0) is 6.42 Å². The Labute approximate surface area is 141 Å². The molecule has 2 aliphatic rings. The number of nitrogen functional groups attached to an aromatic ring is 1. The number of nitrogens with zero attached hydrogens (tertiary/aromatic N) is 3. The summed E-state index contributed by atoms with van der Waals surface area (Å²) in [6.07, 6.45) is -0.101. The molecule has 1 saturated heterocycles. The number of aliphatic hydroxyl groups is 1. The average molecular weight is 356 g/mol. The molecule has 3 heterocycles. The van der Waals surface area contributed by atoms with Gasteiger partial charge in [0.05, 0.1) is 23.1 Å². The van der Waals surface area contributed by atoms with Crippen molar-refractivity contribution < 1.29 is 23.6 Å². The minimum Gasteiger partial charge on any atom is -0.460 e. The van der Waals surface area contributed by atoms with Crippen LogP contribution in [-0.2, 0) is 25.1 Å². The number of anilines is 2. The molecular weight excluding hydrogens is 336 g/mol. The third-order valence-electron chi connectivity index (χ3n) is 4.09. The van der Waals surface area contributed by atoms with Crippen molar-refractivity contribution in [2.75, 3.05) is 16.5 Å². The molecule has 0 bridgehead atoms. The lowest BCUT2D eigenvalue weighted by atomic mass is 10.1. The molecule has 9 nitrogen and oxygen atoms in total. The van der Waals surface area contributed by atoms with E-state index in [-0.39, 0.29) is 11.8 Å². The summed E-state index contributed by atoms with van der Waals surface area (Å²) < 4.78 is 23.4. The lowest BCUT2D eigenvalue weighted by Crippen LogP contribution is -2.42. The van der Waals surface area contributed by atoms with Gasteiger partial charge in [-0.2, -0.15) is 4.98 Å². The molecule has 1 aromatic heterocycles. The van der Waals surface area contributed by atoms with E-state index in [2.05, 4.69) is 9.97 Å². The van der Waals surface area contributed by atoms with Crippen molar-refractivity contribution in [1.82, 2.24) is 9.97 Å². The van der Waals surface area contributed by atoms with Crippen LogP contribution in [0, 0.1) is 0 Å². The molecule has 3 rings (SSSR count). The SMILES string of the molecule is CC[C@H](OC(C)=O)[C@@H]1C[C@@H](O)[C@H](N2CS(=O)c3cnc(N)nc32)O1. The number of aromatic nitrogens is 2. The first-order valence-electron chi connectivity index (χ1n) is 7.69. The quantitative estimate of drug-likeness (QED) is 0.702. The number of ether oxygens (including phenoxy) is 2. The van der Waals surface area contributed by atoms with E-state index in [1.807, 2.05) is 6.92 Å². The van der Waals surface area contributed by atoms with Gasteiger partial charge in [-0.15, -0.1) is 0 Å². The zero-order valence-electron chi connectivity index (χ0n) is 13.4. The number of fused-ring (bicyclic) bond motifs is 1. The largest absolute Gasteiger partial charge is 0.460 e. The van der Waals surface area contributed by atoms with E-state index in [0.717, 1.165) is 0 Å². The Morgan fingerprint density at radius 3 is 3.08 bits per heavy atom. The fourth-order valence-corrected chi connectivity index (χ4v) is 4.23. The molecule has 132 valence electrons. The summed E-state index contributed by atoms with van der Waals surface area (Å²) in [6, 6.07) is 0. The van der Waals surface area contributed by atoms with E-state index in [1.165, 1.54) is 13.1 Å². The average Bonchev–Trinajstić information content (AvgIpc) is 3.05. The Bertz CT molecular complexity index is 673. The van der Waals surface area contributed by atoms with Crippen molar-refractivity contribution in [3.05, 3.63) is 6.20 Å². The molecule has 3 N–H and O–H groups in total. The van der Waals surface area contributed by atoms with Crippen molar-refractivity contribution in [2.24, 2.45) is 0 Å². The van der Waals surface area contributed by atoms with Crippen LogP contribution < -0.4 is 10.6 Å². The highest BCUT2D eigenvalue weighted by Crippen LogP contribution is 2.36. The lowest BCUT2D eigenvalue weighted by molar-refractivity contribution is -0.154. The molecule has 1 unspecified atom stereocenters. The van der Waals surface area contributed by atoms with Gasteiger partial charge in [0.1, 0.15) is 23.0 Å².